The molecule has 3 aromatic rings. The molecule has 1 aliphatic heterocycles. The number of hydrogen-bond acceptors (Lipinski definition) is 4. The summed E-state index contributed by atoms with van der Waals surface area (Å²) >= 11 is 0. The molecule has 1 fully saturated rings. The van der Waals surface area contributed by atoms with Crippen molar-refractivity contribution >= 4 is 39.2 Å². The van der Waals surface area contributed by atoms with Crippen molar-refractivity contribution in [1.82, 2.24) is 14.7 Å². The zero-order chi connectivity index (χ0) is 23.4. The average molecular weight is 503 g/mol. The first-order valence-electron chi connectivity index (χ1n) is 11.2. The zero-order valence-electron chi connectivity index (χ0n) is 19.2. The van der Waals surface area contributed by atoms with Gasteiger partial charge in [0.2, 0.25) is 0 Å². The van der Waals surface area contributed by atoms with Gasteiger partial charge < -0.3 is 10.6 Å². The molecule has 0 spiro atoms. The summed E-state index contributed by atoms with van der Waals surface area (Å²) in [7, 11) is -3.97. The minimum Gasteiger partial charge on any atom is -0.326 e. The van der Waals surface area contributed by atoms with Crippen molar-refractivity contribution in [1.29, 1.82) is 0 Å². The van der Waals surface area contributed by atoms with Gasteiger partial charge in [0.1, 0.15) is 0 Å². The van der Waals surface area contributed by atoms with Crippen molar-refractivity contribution in [3.63, 3.8) is 0 Å². The second-order valence-electron chi connectivity index (χ2n) is 8.66. The third-order valence-corrected chi connectivity index (χ3v) is 7.48. The predicted molar refractivity (Wildman–Crippen MR) is 137 cm³/mol. The molecule has 0 bridgehead atoms. The molecule has 0 aromatic heterocycles. The molecule has 3 N–H and O–H groups in total. The van der Waals surface area contributed by atoms with Crippen LogP contribution in [0.25, 0.3) is 10.8 Å². The minimum atomic E-state index is -3.97. The SMILES string of the molecule is CC1CCN(C(=O)N(Cc2ccc(CN)cc2)NS(=O)(=O)c2ccc3ccccc3c2)CC1.Cl. The lowest BCUT2D eigenvalue weighted by atomic mass is 10.00. The third kappa shape index (κ3) is 6.07. The van der Waals surface area contributed by atoms with E-state index in [1.165, 1.54) is 5.01 Å². The number of sulfonamides is 1. The molecule has 3 aromatic carbocycles. The molecule has 9 heteroatoms. The third-order valence-electron chi connectivity index (χ3n) is 6.15. The van der Waals surface area contributed by atoms with Crippen molar-refractivity contribution in [3.8, 4) is 0 Å². The van der Waals surface area contributed by atoms with E-state index in [9.17, 15) is 13.2 Å². The van der Waals surface area contributed by atoms with Gasteiger partial charge >= 0.3 is 6.03 Å². The van der Waals surface area contributed by atoms with Gasteiger partial charge in [-0.05, 0) is 52.8 Å². The van der Waals surface area contributed by atoms with Crippen LogP contribution < -0.4 is 10.6 Å². The summed E-state index contributed by atoms with van der Waals surface area (Å²) in [5, 5.41) is 2.98. The number of carbonyl (C=O) groups is 1. The van der Waals surface area contributed by atoms with Crippen molar-refractivity contribution in [2.24, 2.45) is 11.7 Å². The van der Waals surface area contributed by atoms with Crippen LogP contribution in [0.2, 0.25) is 0 Å². The quantitative estimate of drug-likeness (QED) is 0.492. The monoisotopic (exact) mass is 502 g/mol. The molecule has 0 saturated carbocycles. The van der Waals surface area contributed by atoms with E-state index in [0.29, 0.717) is 25.6 Å². The van der Waals surface area contributed by atoms with Crippen LogP contribution in [0.1, 0.15) is 30.9 Å². The van der Waals surface area contributed by atoms with Gasteiger partial charge in [-0.2, -0.15) is 0 Å². The Hall–Kier alpha value is -2.65. The Morgan fingerprint density at radius 2 is 1.62 bits per heavy atom. The fourth-order valence-electron chi connectivity index (χ4n) is 4.01. The molecule has 1 saturated heterocycles. The van der Waals surface area contributed by atoms with Crippen LogP contribution in [-0.4, -0.2) is 37.4 Å². The number of urea groups is 1. The molecular weight excluding hydrogens is 472 g/mol. The molecule has 0 atom stereocenters. The van der Waals surface area contributed by atoms with Crippen LogP contribution >= 0.6 is 12.4 Å². The van der Waals surface area contributed by atoms with Crippen LogP contribution in [0.4, 0.5) is 4.79 Å². The normalized spacial score (nSPS) is 14.6. The van der Waals surface area contributed by atoms with Crippen LogP contribution in [0.5, 0.6) is 0 Å². The van der Waals surface area contributed by atoms with Crippen LogP contribution in [0.3, 0.4) is 0 Å². The van der Waals surface area contributed by atoms with E-state index in [1.54, 1.807) is 23.1 Å². The maximum atomic E-state index is 13.4. The summed E-state index contributed by atoms with van der Waals surface area (Å²) < 4.78 is 26.6. The molecule has 0 unspecified atom stereocenters. The lowest BCUT2D eigenvalue weighted by Crippen LogP contribution is -2.53. The van der Waals surface area contributed by atoms with Crippen molar-refractivity contribution in [3.05, 3.63) is 77.9 Å². The molecule has 34 heavy (non-hydrogen) atoms. The number of benzene rings is 3. The van der Waals surface area contributed by atoms with E-state index < -0.39 is 10.0 Å². The highest BCUT2D eigenvalue weighted by atomic mass is 35.5. The number of carbonyl (C=O) groups excluding carboxylic acids is 1. The average Bonchev–Trinajstić information content (AvgIpc) is 2.83. The van der Waals surface area contributed by atoms with Gasteiger partial charge in [-0.15, -0.1) is 17.2 Å². The number of nitrogens with zero attached hydrogens (tertiary/aromatic N) is 2. The van der Waals surface area contributed by atoms with E-state index in [-0.39, 0.29) is 29.9 Å². The highest BCUT2D eigenvalue weighted by molar-refractivity contribution is 7.89. The van der Waals surface area contributed by atoms with Gasteiger partial charge in [0.05, 0.1) is 11.4 Å². The van der Waals surface area contributed by atoms with Crippen molar-refractivity contribution < 1.29 is 13.2 Å². The van der Waals surface area contributed by atoms with Gasteiger partial charge in [-0.1, -0.05) is 61.5 Å². The minimum absolute atomic E-state index is 0. The summed E-state index contributed by atoms with van der Waals surface area (Å²) in [4.78, 5) is 17.7. The Morgan fingerprint density at radius 3 is 2.26 bits per heavy atom. The van der Waals surface area contributed by atoms with Gasteiger partial charge in [0.25, 0.3) is 10.0 Å². The Bertz CT molecular complexity index is 1230. The second-order valence-corrected chi connectivity index (χ2v) is 10.3. The van der Waals surface area contributed by atoms with Gasteiger partial charge in [0.15, 0.2) is 0 Å². The standard InChI is InChI=1S/C25H30N4O3S.ClH/c1-19-12-14-28(15-13-19)25(30)29(18-21-8-6-20(17-26)7-9-21)27-33(31,32)24-11-10-22-4-2-3-5-23(22)16-24;/h2-11,16,19,27H,12-15,17-18,26H2,1H3;1H. The maximum Gasteiger partial charge on any atom is 0.335 e. The van der Waals surface area contributed by atoms with Crippen LogP contribution in [0, 0.1) is 5.92 Å². The predicted octanol–water partition coefficient (Wildman–Crippen LogP) is 4.27. The van der Waals surface area contributed by atoms with Gasteiger partial charge in [0, 0.05) is 19.6 Å². The molecule has 1 heterocycles. The Balaban J connectivity index is 0.00000324. The Kier molecular flexibility index (Phi) is 8.54. The van der Waals surface area contributed by atoms with Crippen LogP contribution in [0.15, 0.2) is 71.6 Å². The lowest BCUT2D eigenvalue weighted by molar-refractivity contribution is 0.124. The highest BCUT2D eigenvalue weighted by Crippen LogP contribution is 2.21. The fraction of sp³-hybridized carbons (Fsp3) is 0.320. The number of fused-ring (bicyclic) bond motifs is 1. The number of hydrazine groups is 1. The summed E-state index contributed by atoms with van der Waals surface area (Å²) in [5.74, 6) is 0.556. The summed E-state index contributed by atoms with van der Waals surface area (Å²) in [6.45, 7) is 3.92. The Morgan fingerprint density at radius 1 is 1.00 bits per heavy atom. The molecule has 4 rings (SSSR count). The number of rotatable bonds is 6. The van der Waals surface area contributed by atoms with E-state index in [4.69, 9.17) is 5.73 Å². The van der Waals surface area contributed by atoms with E-state index in [1.807, 2.05) is 48.5 Å². The summed E-state index contributed by atoms with van der Waals surface area (Å²) in [6.07, 6.45) is 1.81. The van der Waals surface area contributed by atoms with Gasteiger partial charge in [-0.3, -0.25) is 0 Å². The molecule has 2 amide bonds. The first-order chi connectivity index (χ1) is 15.9. The molecule has 0 radical (unpaired) electrons. The smallest absolute Gasteiger partial charge is 0.326 e. The van der Waals surface area contributed by atoms with Crippen LogP contribution in [-0.2, 0) is 23.1 Å². The van der Waals surface area contributed by atoms with E-state index in [0.717, 1.165) is 34.7 Å². The summed E-state index contributed by atoms with van der Waals surface area (Å²) in [6, 6.07) is 19.7. The summed E-state index contributed by atoms with van der Waals surface area (Å²) in [5.41, 5.74) is 7.47. The molecular formula is C25H31ClN4O3S. The van der Waals surface area contributed by atoms with E-state index >= 15 is 0 Å². The number of nitrogens with one attached hydrogen (secondary N) is 1. The van der Waals surface area contributed by atoms with Gasteiger partial charge in [-0.25, -0.2) is 18.2 Å². The number of nitrogens with two attached hydrogens (primary N) is 1. The molecule has 0 aliphatic carbocycles. The first kappa shape index (κ1) is 26.0. The molecule has 1 aliphatic rings. The molecule has 7 nitrogen and oxygen atoms in total. The number of halogens is 1. The second kappa shape index (κ2) is 11.2. The van der Waals surface area contributed by atoms with E-state index in [2.05, 4.69) is 11.8 Å². The number of hydrogen-bond donors (Lipinski definition) is 2. The fourth-order valence-corrected chi connectivity index (χ4v) is 5.07. The van der Waals surface area contributed by atoms with Crippen molar-refractivity contribution in [2.75, 3.05) is 13.1 Å². The number of piperidine rings is 1. The largest absolute Gasteiger partial charge is 0.335 e. The number of likely N-dealkylation sites (tertiary alicyclic amines) is 1. The van der Waals surface area contributed by atoms with Crippen molar-refractivity contribution in [2.45, 2.75) is 37.8 Å². The lowest BCUT2D eigenvalue weighted by Gasteiger charge is -2.34. The highest BCUT2D eigenvalue weighted by Gasteiger charge is 2.28. The zero-order valence-corrected chi connectivity index (χ0v) is 20.8. The topological polar surface area (TPSA) is 95.7 Å². The first-order valence-corrected chi connectivity index (χ1v) is 12.7. The Labute approximate surface area is 207 Å². The maximum absolute atomic E-state index is 13.4. The molecule has 182 valence electrons. The number of amides is 2.